The van der Waals surface area contributed by atoms with Crippen LogP contribution < -0.4 is 5.32 Å². The first-order chi connectivity index (χ1) is 20.9. The second-order valence-corrected chi connectivity index (χ2v) is 11.8. The van der Waals surface area contributed by atoms with Crippen molar-refractivity contribution in [3.8, 4) is 5.69 Å². The van der Waals surface area contributed by atoms with E-state index in [0.29, 0.717) is 17.4 Å². The Morgan fingerprint density at radius 1 is 1.07 bits per heavy atom. The van der Waals surface area contributed by atoms with Gasteiger partial charge in [-0.1, -0.05) is 42.1 Å². The molecule has 9 nitrogen and oxygen atoms in total. The normalized spacial score (nSPS) is 14.6. The molecule has 0 spiro atoms. The zero-order valence-electron chi connectivity index (χ0n) is 23.4. The largest absolute Gasteiger partial charge is 0.459 e. The van der Waals surface area contributed by atoms with Crippen LogP contribution in [0.4, 0.5) is 4.39 Å². The Labute approximate surface area is 255 Å². The first kappa shape index (κ1) is 28.6. The predicted molar refractivity (Wildman–Crippen MR) is 163 cm³/mol. The van der Waals surface area contributed by atoms with Crippen molar-refractivity contribution in [3.05, 3.63) is 117 Å². The molecule has 43 heavy (non-hydrogen) atoms. The zero-order valence-corrected chi connectivity index (χ0v) is 25.0. The van der Waals surface area contributed by atoms with Crippen LogP contribution in [0.15, 0.2) is 93.0 Å². The number of thioether (sulfide) groups is 1. The minimum atomic E-state index is -0.370. The molecule has 2 amide bonds. The summed E-state index contributed by atoms with van der Waals surface area (Å²) < 4.78 is 20.8. The Bertz CT molecular complexity index is 1780. The number of aromatic nitrogens is 3. The topological polar surface area (TPSA) is 106 Å². The molecule has 5 aromatic rings. The number of aryl methyl sites for hydroxylation is 1. The van der Waals surface area contributed by atoms with Crippen LogP contribution in [0.25, 0.3) is 5.69 Å². The van der Waals surface area contributed by atoms with Gasteiger partial charge in [0.25, 0.3) is 11.8 Å². The molecule has 1 N–H and O–H groups in total. The third-order valence-corrected chi connectivity index (χ3v) is 9.05. The number of carbonyl (C=O) groups excluding carboxylic acids is 2. The molecule has 2 aromatic carbocycles. The van der Waals surface area contributed by atoms with Crippen molar-refractivity contribution in [3.63, 3.8) is 0 Å². The van der Waals surface area contributed by atoms with Crippen LogP contribution in [0, 0.1) is 19.7 Å². The van der Waals surface area contributed by atoms with Crippen molar-refractivity contribution < 1.29 is 18.4 Å². The summed E-state index contributed by atoms with van der Waals surface area (Å²) in [6.45, 7) is 4.12. The molecule has 0 fully saturated rings. The Hall–Kier alpha value is -4.55. The average molecular weight is 615 g/mol. The summed E-state index contributed by atoms with van der Waals surface area (Å²) in [6, 6.07) is 18.9. The maximum atomic E-state index is 13.7. The number of rotatable bonds is 9. The molecular formula is C31H27FN6O3S2. The second-order valence-electron chi connectivity index (χ2n) is 9.94. The third kappa shape index (κ3) is 6.02. The highest BCUT2D eigenvalue weighted by Crippen LogP contribution is 2.35. The molecule has 1 aliphatic rings. The van der Waals surface area contributed by atoms with E-state index in [9.17, 15) is 14.0 Å². The van der Waals surface area contributed by atoms with Gasteiger partial charge >= 0.3 is 0 Å². The number of nitrogens with one attached hydrogen (secondary N) is 1. The highest BCUT2D eigenvalue weighted by molar-refractivity contribution is 7.99. The van der Waals surface area contributed by atoms with Gasteiger partial charge in [-0.2, -0.15) is 5.10 Å². The minimum Gasteiger partial charge on any atom is -0.459 e. The van der Waals surface area contributed by atoms with Crippen molar-refractivity contribution in [2.45, 2.75) is 38.0 Å². The van der Waals surface area contributed by atoms with E-state index in [-0.39, 0.29) is 41.7 Å². The van der Waals surface area contributed by atoms with Gasteiger partial charge in [-0.15, -0.1) is 21.5 Å². The van der Waals surface area contributed by atoms with Crippen LogP contribution in [0.3, 0.4) is 0 Å². The van der Waals surface area contributed by atoms with Crippen molar-refractivity contribution in [2.75, 3.05) is 5.75 Å². The Morgan fingerprint density at radius 2 is 1.91 bits per heavy atom. The smallest absolute Gasteiger partial charge is 0.287 e. The van der Waals surface area contributed by atoms with E-state index in [2.05, 4.69) is 15.5 Å². The van der Waals surface area contributed by atoms with E-state index in [1.54, 1.807) is 35.6 Å². The summed E-state index contributed by atoms with van der Waals surface area (Å²) in [5.74, 6) is -0.176. The van der Waals surface area contributed by atoms with E-state index in [4.69, 9.17) is 9.52 Å². The quantitative estimate of drug-likeness (QED) is 0.202. The number of hydrazone groups is 1. The molecule has 0 radical (unpaired) electrons. The van der Waals surface area contributed by atoms with Crippen LogP contribution in [-0.4, -0.2) is 43.1 Å². The predicted octanol–water partition coefficient (Wildman–Crippen LogP) is 6.08. The SMILES string of the molecule is Cc1cccc(-n2c(CNC(=O)c3ccco3)nnc2SCC(=O)N2N=C(c3cccs3)CC2c2ccc(F)cc2)c1C. The lowest BCUT2D eigenvalue weighted by Crippen LogP contribution is -2.28. The lowest BCUT2D eigenvalue weighted by atomic mass is 10.0. The van der Waals surface area contributed by atoms with Crippen molar-refractivity contribution in [1.82, 2.24) is 25.1 Å². The number of furan rings is 1. The fourth-order valence-corrected chi connectivity index (χ4v) is 6.39. The number of benzene rings is 2. The number of carbonyl (C=O) groups is 2. The van der Waals surface area contributed by atoms with Gasteiger partial charge in [-0.05, 0) is 72.3 Å². The lowest BCUT2D eigenvalue weighted by Gasteiger charge is -2.22. The maximum Gasteiger partial charge on any atom is 0.287 e. The molecule has 1 atom stereocenters. The first-order valence-electron chi connectivity index (χ1n) is 13.5. The van der Waals surface area contributed by atoms with Gasteiger partial charge in [0.1, 0.15) is 5.82 Å². The average Bonchev–Trinajstić information content (AvgIpc) is 3.83. The van der Waals surface area contributed by atoms with Crippen LogP contribution in [0.5, 0.6) is 0 Å². The van der Waals surface area contributed by atoms with E-state index in [1.165, 1.54) is 35.2 Å². The monoisotopic (exact) mass is 614 g/mol. The van der Waals surface area contributed by atoms with E-state index in [0.717, 1.165) is 33.0 Å². The molecule has 0 saturated heterocycles. The first-order valence-corrected chi connectivity index (χ1v) is 15.4. The van der Waals surface area contributed by atoms with Gasteiger partial charge in [0.2, 0.25) is 0 Å². The number of hydrogen-bond acceptors (Lipinski definition) is 8. The number of nitrogens with zero attached hydrogens (tertiary/aromatic N) is 5. The van der Waals surface area contributed by atoms with Gasteiger partial charge in [0, 0.05) is 6.42 Å². The summed E-state index contributed by atoms with van der Waals surface area (Å²) in [4.78, 5) is 27.2. The molecule has 4 heterocycles. The van der Waals surface area contributed by atoms with Crippen LogP contribution in [-0.2, 0) is 11.3 Å². The number of amides is 2. The Balaban J connectivity index is 1.26. The highest BCUT2D eigenvalue weighted by atomic mass is 32.2. The highest BCUT2D eigenvalue weighted by Gasteiger charge is 2.34. The molecule has 12 heteroatoms. The molecule has 0 aliphatic carbocycles. The van der Waals surface area contributed by atoms with E-state index >= 15 is 0 Å². The van der Waals surface area contributed by atoms with E-state index < -0.39 is 0 Å². The molecule has 0 bridgehead atoms. The Kier molecular flexibility index (Phi) is 8.21. The standard InChI is InChI=1S/C31H27FN6O3S2/c1-19-6-3-7-24(20(19)2)37-28(17-33-30(40)26-8-4-14-41-26)34-35-31(37)43-18-29(39)38-25(21-10-12-22(32)13-11-21)16-23(36-38)27-9-5-15-42-27/h3-15,25H,16-18H2,1-2H3,(H,33,40). The number of hydrogen-bond donors (Lipinski definition) is 1. The maximum absolute atomic E-state index is 13.7. The molecule has 0 saturated carbocycles. The summed E-state index contributed by atoms with van der Waals surface area (Å²) >= 11 is 2.81. The minimum absolute atomic E-state index is 0.0423. The van der Waals surface area contributed by atoms with Crippen LogP contribution in [0.1, 0.15) is 50.4 Å². The molecule has 3 aromatic heterocycles. The summed E-state index contributed by atoms with van der Waals surface area (Å²) in [5, 5.41) is 20.3. The number of thiophene rings is 1. The van der Waals surface area contributed by atoms with Crippen LogP contribution in [0.2, 0.25) is 0 Å². The second kappa shape index (κ2) is 12.4. The van der Waals surface area contributed by atoms with Crippen molar-refractivity contribution in [1.29, 1.82) is 0 Å². The zero-order chi connectivity index (χ0) is 29.9. The fourth-order valence-electron chi connectivity index (χ4n) is 4.85. The van der Waals surface area contributed by atoms with Gasteiger partial charge in [-0.25, -0.2) is 9.40 Å². The summed E-state index contributed by atoms with van der Waals surface area (Å²) in [6.07, 6.45) is 1.97. The molecule has 1 aliphatic heterocycles. The van der Waals surface area contributed by atoms with Crippen LogP contribution >= 0.6 is 23.1 Å². The molecular weight excluding hydrogens is 588 g/mol. The fraction of sp³-hybridized carbons (Fsp3) is 0.194. The van der Waals surface area contributed by atoms with Gasteiger partial charge in [-0.3, -0.25) is 14.2 Å². The van der Waals surface area contributed by atoms with Gasteiger partial charge in [0.15, 0.2) is 16.7 Å². The Morgan fingerprint density at radius 3 is 2.65 bits per heavy atom. The number of halogens is 1. The van der Waals surface area contributed by atoms with Gasteiger partial charge in [0.05, 0.1) is 40.9 Å². The molecule has 6 rings (SSSR count). The van der Waals surface area contributed by atoms with Gasteiger partial charge < -0.3 is 9.73 Å². The summed E-state index contributed by atoms with van der Waals surface area (Å²) in [5.41, 5.74) is 4.58. The lowest BCUT2D eigenvalue weighted by molar-refractivity contribution is -0.130. The van der Waals surface area contributed by atoms with E-state index in [1.807, 2.05) is 54.1 Å². The van der Waals surface area contributed by atoms with Crippen molar-refractivity contribution >= 4 is 40.6 Å². The molecule has 218 valence electrons. The van der Waals surface area contributed by atoms with Crippen molar-refractivity contribution in [2.24, 2.45) is 5.10 Å². The summed E-state index contributed by atoms with van der Waals surface area (Å²) in [7, 11) is 0. The molecule has 1 unspecified atom stereocenters. The third-order valence-electron chi connectivity index (χ3n) is 7.22.